The number of pyridine rings is 1. The van der Waals surface area contributed by atoms with E-state index in [4.69, 9.17) is 0 Å². The average molecular weight is 367 g/mol. The Morgan fingerprint density at radius 3 is 2.50 bits per heavy atom. The van der Waals surface area contributed by atoms with Crippen LogP contribution in [0.3, 0.4) is 0 Å². The molecule has 5 nitrogen and oxygen atoms in total. The molecule has 1 N–H and O–H groups in total. The first-order valence-electron chi connectivity index (χ1n) is 8.40. The van der Waals surface area contributed by atoms with E-state index in [2.05, 4.69) is 10.3 Å². The Kier molecular flexibility index (Phi) is 4.32. The van der Waals surface area contributed by atoms with Gasteiger partial charge in [-0.25, -0.2) is 4.98 Å². The second-order valence-corrected chi connectivity index (χ2v) is 7.85. The molecule has 3 rings (SSSR count). The number of anilines is 1. The molecule has 0 spiro atoms. The van der Waals surface area contributed by atoms with Crippen LogP contribution in [-0.4, -0.2) is 15.3 Å². The molecule has 0 saturated heterocycles. The maximum atomic E-state index is 13.3. The van der Waals surface area contributed by atoms with E-state index < -0.39 is 22.9 Å². The number of fused-ring (bicyclic) bond motifs is 1. The molecule has 1 amide bonds. The molecule has 0 atom stereocenters. The zero-order valence-corrected chi connectivity index (χ0v) is 14.8. The molecule has 0 bridgehead atoms. The summed E-state index contributed by atoms with van der Waals surface area (Å²) in [5, 5.41) is 2.59. The molecule has 8 heteroatoms. The summed E-state index contributed by atoms with van der Waals surface area (Å²) in [6, 6.07) is 2.05. The Labute approximate surface area is 148 Å². The molecule has 1 fully saturated rings. The van der Waals surface area contributed by atoms with Gasteiger partial charge in [0.1, 0.15) is 5.69 Å². The Hall–Kier alpha value is -2.38. The fourth-order valence-corrected chi connectivity index (χ4v) is 2.83. The van der Waals surface area contributed by atoms with E-state index in [1.54, 1.807) is 0 Å². The first-order chi connectivity index (χ1) is 12.0. The summed E-state index contributed by atoms with van der Waals surface area (Å²) in [4.78, 5) is 29.2. The summed E-state index contributed by atoms with van der Waals surface area (Å²) in [5.41, 5.74) is -2.14. The molecule has 0 aliphatic heterocycles. The Bertz CT molecular complexity index is 922. The van der Waals surface area contributed by atoms with Crippen LogP contribution in [0.25, 0.3) is 5.65 Å². The third-order valence-corrected chi connectivity index (χ3v) is 4.11. The normalized spacial score (nSPS) is 15.3. The van der Waals surface area contributed by atoms with E-state index in [-0.39, 0.29) is 35.0 Å². The lowest BCUT2D eigenvalue weighted by Crippen LogP contribution is -2.28. The van der Waals surface area contributed by atoms with Gasteiger partial charge in [0.15, 0.2) is 5.65 Å². The number of nitrogens with one attached hydrogen (secondary N) is 1. The van der Waals surface area contributed by atoms with Crippen LogP contribution in [0, 0.1) is 5.41 Å². The van der Waals surface area contributed by atoms with Crippen molar-refractivity contribution in [1.29, 1.82) is 0 Å². The summed E-state index contributed by atoms with van der Waals surface area (Å²) in [7, 11) is 0. The highest BCUT2D eigenvalue weighted by Gasteiger charge is 2.36. The van der Waals surface area contributed by atoms with Gasteiger partial charge in [-0.2, -0.15) is 13.2 Å². The van der Waals surface area contributed by atoms with E-state index in [0.29, 0.717) is 0 Å². The van der Waals surface area contributed by atoms with Gasteiger partial charge in [-0.1, -0.05) is 20.8 Å². The molecule has 0 radical (unpaired) electrons. The zero-order chi connectivity index (χ0) is 19.3. The number of hydrogen-bond acceptors (Lipinski definition) is 3. The van der Waals surface area contributed by atoms with Gasteiger partial charge in [0.25, 0.3) is 5.56 Å². The highest BCUT2D eigenvalue weighted by molar-refractivity contribution is 5.91. The molecule has 2 heterocycles. The first-order valence-corrected chi connectivity index (χ1v) is 8.40. The fourth-order valence-electron chi connectivity index (χ4n) is 2.83. The van der Waals surface area contributed by atoms with Crippen molar-refractivity contribution in [2.45, 2.75) is 52.1 Å². The van der Waals surface area contributed by atoms with Crippen molar-refractivity contribution in [3.8, 4) is 0 Å². The number of hydrogen-bond donors (Lipinski definition) is 1. The minimum absolute atomic E-state index is 0.0152. The molecule has 1 saturated carbocycles. The predicted octanol–water partition coefficient (Wildman–Crippen LogP) is 3.97. The quantitative estimate of drug-likeness (QED) is 0.893. The van der Waals surface area contributed by atoms with E-state index in [1.165, 1.54) is 6.20 Å². The molecule has 1 aliphatic carbocycles. The summed E-state index contributed by atoms with van der Waals surface area (Å²) >= 11 is 0. The van der Waals surface area contributed by atoms with Crippen molar-refractivity contribution >= 4 is 17.2 Å². The smallest absolute Gasteiger partial charge is 0.320 e. The van der Waals surface area contributed by atoms with Gasteiger partial charge in [0.2, 0.25) is 5.91 Å². The van der Waals surface area contributed by atoms with E-state index in [1.807, 2.05) is 20.8 Å². The molecule has 2 aromatic rings. The largest absolute Gasteiger partial charge is 0.419 e. The van der Waals surface area contributed by atoms with Crippen LogP contribution in [0.5, 0.6) is 0 Å². The van der Waals surface area contributed by atoms with Gasteiger partial charge in [-0.3, -0.25) is 14.0 Å². The van der Waals surface area contributed by atoms with Gasteiger partial charge in [-0.05, 0) is 30.4 Å². The summed E-state index contributed by atoms with van der Waals surface area (Å²) in [6.07, 6.45) is -1.74. The Balaban J connectivity index is 2.15. The number of amides is 1. The van der Waals surface area contributed by atoms with Gasteiger partial charge in [-0.15, -0.1) is 0 Å². The molecular formula is C18H20F3N3O2. The zero-order valence-electron chi connectivity index (χ0n) is 14.8. The van der Waals surface area contributed by atoms with Gasteiger partial charge in [0.05, 0.1) is 11.3 Å². The standard InChI is InChI=1S/C18H20F3N3O2/c1-17(2,3)9-12(25)22-14-13(10-6-7-10)23-15-11(18(19,20)21)5-4-8-24(15)16(14)26/h4-5,8,10H,6-7,9H2,1-3H3,(H,22,25). The topological polar surface area (TPSA) is 63.5 Å². The van der Waals surface area contributed by atoms with Crippen molar-refractivity contribution in [2.75, 3.05) is 5.32 Å². The van der Waals surface area contributed by atoms with Crippen molar-refractivity contribution in [2.24, 2.45) is 5.41 Å². The molecule has 0 unspecified atom stereocenters. The van der Waals surface area contributed by atoms with Crippen LogP contribution in [0.2, 0.25) is 0 Å². The predicted molar refractivity (Wildman–Crippen MR) is 91.1 cm³/mol. The van der Waals surface area contributed by atoms with Crippen LogP contribution < -0.4 is 10.9 Å². The lowest BCUT2D eigenvalue weighted by Gasteiger charge is -2.18. The molecular weight excluding hydrogens is 347 g/mol. The summed E-state index contributed by atoms with van der Waals surface area (Å²) < 4.78 is 40.7. The monoisotopic (exact) mass is 367 g/mol. The molecule has 140 valence electrons. The van der Waals surface area contributed by atoms with Crippen LogP contribution in [0.4, 0.5) is 18.9 Å². The maximum Gasteiger partial charge on any atom is 0.419 e. The Morgan fingerprint density at radius 2 is 1.96 bits per heavy atom. The first kappa shape index (κ1) is 18.4. The lowest BCUT2D eigenvalue weighted by molar-refractivity contribution is -0.136. The molecule has 26 heavy (non-hydrogen) atoms. The van der Waals surface area contributed by atoms with E-state index in [9.17, 15) is 22.8 Å². The lowest BCUT2D eigenvalue weighted by atomic mass is 9.92. The fraction of sp³-hybridized carbons (Fsp3) is 0.500. The van der Waals surface area contributed by atoms with Gasteiger partial charge >= 0.3 is 6.18 Å². The van der Waals surface area contributed by atoms with Crippen LogP contribution in [-0.2, 0) is 11.0 Å². The van der Waals surface area contributed by atoms with Crippen LogP contribution >= 0.6 is 0 Å². The van der Waals surface area contributed by atoms with Crippen LogP contribution in [0.1, 0.15) is 57.2 Å². The minimum atomic E-state index is -4.62. The molecule has 2 aromatic heterocycles. The SMILES string of the molecule is CC(C)(C)CC(=O)Nc1c(C2CC2)nc2c(C(F)(F)F)cccn2c1=O. The van der Waals surface area contributed by atoms with Crippen molar-refractivity contribution in [3.05, 3.63) is 39.9 Å². The molecule has 0 aromatic carbocycles. The van der Waals surface area contributed by atoms with Crippen LogP contribution in [0.15, 0.2) is 23.1 Å². The summed E-state index contributed by atoms with van der Waals surface area (Å²) in [5.74, 6) is -0.454. The number of alkyl halides is 3. The van der Waals surface area contributed by atoms with Gasteiger partial charge in [0, 0.05) is 18.5 Å². The second kappa shape index (κ2) is 6.10. The van der Waals surface area contributed by atoms with Crippen molar-refractivity contribution < 1.29 is 18.0 Å². The number of aromatic nitrogens is 2. The highest BCUT2D eigenvalue weighted by Crippen LogP contribution is 2.42. The number of carbonyl (C=O) groups is 1. The number of rotatable bonds is 3. The summed E-state index contributed by atoms with van der Waals surface area (Å²) in [6.45, 7) is 5.65. The average Bonchev–Trinajstić information content (AvgIpc) is 3.31. The molecule has 1 aliphatic rings. The van der Waals surface area contributed by atoms with Crippen molar-refractivity contribution in [3.63, 3.8) is 0 Å². The maximum absolute atomic E-state index is 13.3. The van der Waals surface area contributed by atoms with E-state index >= 15 is 0 Å². The second-order valence-electron chi connectivity index (χ2n) is 7.85. The highest BCUT2D eigenvalue weighted by atomic mass is 19.4. The van der Waals surface area contributed by atoms with E-state index in [0.717, 1.165) is 29.4 Å². The third kappa shape index (κ3) is 3.73. The number of halogens is 3. The Morgan fingerprint density at radius 1 is 1.31 bits per heavy atom. The minimum Gasteiger partial charge on any atom is -0.320 e. The van der Waals surface area contributed by atoms with Crippen molar-refractivity contribution in [1.82, 2.24) is 9.38 Å². The van der Waals surface area contributed by atoms with Gasteiger partial charge < -0.3 is 5.32 Å². The third-order valence-electron chi connectivity index (χ3n) is 4.11. The number of nitrogens with zero attached hydrogens (tertiary/aromatic N) is 2. The number of carbonyl (C=O) groups excluding carboxylic acids is 1.